The molecule has 10 heteroatoms. The van der Waals surface area contributed by atoms with Gasteiger partial charge in [0.25, 0.3) is 0 Å². The molecule has 7 nitrogen and oxygen atoms in total. The largest absolute Gasteiger partial charge is 0.416 e. The Balaban J connectivity index is 1.26. The van der Waals surface area contributed by atoms with Crippen LogP contribution in [0.15, 0.2) is 182 Å². The second-order valence-electron chi connectivity index (χ2n) is 15.4. The van der Waals surface area contributed by atoms with E-state index in [1.807, 2.05) is 144 Å². The minimum atomic E-state index is -4.66. The molecule has 0 saturated heterocycles. The molecular weight excluding hydrogens is 804 g/mol. The topological polar surface area (TPSA) is 96.1 Å². The lowest BCUT2D eigenvalue weighted by atomic mass is 9.96. The molecule has 11 aromatic rings. The van der Waals surface area contributed by atoms with E-state index in [9.17, 15) is 23.7 Å². The van der Waals surface area contributed by atoms with Crippen LogP contribution < -0.4 is 0 Å². The van der Waals surface area contributed by atoms with E-state index >= 15 is 0 Å². The van der Waals surface area contributed by atoms with Gasteiger partial charge in [-0.25, -0.2) is 15.0 Å². The molecule has 11 rings (SSSR count). The Morgan fingerprint density at radius 2 is 0.859 bits per heavy atom. The molecule has 0 unspecified atom stereocenters. The number of hydrogen-bond acceptors (Lipinski definition) is 5. The van der Waals surface area contributed by atoms with Gasteiger partial charge in [-0.1, -0.05) is 103 Å². The van der Waals surface area contributed by atoms with Crippen molar-refractivity contribution in [3.05, 3.63) is 199 Å². The van der Waals surface area contributed by atoms with E-state index in [2.05, 4.69) is 16.7 Å². The predicted octanol–water partition coefficient (Wildman–Crippen LogP) is 13.5. The lowest BCUT2D eigenvalue weighted by molar-refractivity contribution is -0.137. The van der Waals surface area contributed by atoms with Crippen LogP contribution in [0.25, 0.3) is 100 Å². The molecule has 0 fully saturated rings. The molecule has 0 amide bonds. The molecule has 0 aliphatic carbocycles. The van der Waals surface area contributed by atoms with E-state index in [0.717, 1.165) is 49.8 Å². The highest BCUT2D eigenvalue weighted by Crippen LogP contribution is 2.44. The second-order valence-corrected chi connectivity index (χ2v) is 15.4. The van der Waals surface area contributed by atoms with Gasteiger partial charge in [-0.05, 0) is 78.9 Å². The number of benzene rings is 8. The summed E-state index contributed by atoms with van der Waals surface area (Å²) in [6.07, 6.45) is -4.66. The number of fused-ring (bicyclic) bond motifs is 6. The van der Waals surface area contributed by atoms with Gasteiger partial charge in [-0.3, -0.25) is 0 Å². The SMILES string of the molecule is N#Cc1ccc2c(c1)c1ccccc1n2-c1ccc(-c2nc(-c3ccccc3)nc(-c3ccccc3)n2)cc1-c1ccc(C(F)(F)F)cc1-n1c2ccccc2c2cc(C#N)ccc21. The summed E-state index contributed by atoms with van der Waals surface area (Å²) in [6.45, 7) is 0. The van der Waals surface area contributed by atoms with E-state index < -0.39 is 11.7 Å². The Hall–Kier alpha value is -8.86. The quantitative estimate of drug-likeness (QED) is 0.166. The van der Waals surface area contributed by atoms with Gasteiger partial charge in [0.15, 0.2) is 17.5 Å². The van der Waals surface area contributed by atoms with Gasteiger partial charge in [0.05, 0.1) is 62.3 Å². The molecule has 0 atom stereocenters. The standard InChI is InChI=1S/C54H30F3N7/c55-54(56,57)38-22-23-41(50(30-38)64-46-18-10-8-16-40(46)43-28-34(32-59)20-25-48(43)64)44-29-37(53-61-51(35-11-3-1-4-12-35)60-52(62-53)36-13-5-2-6-14-36)21-26-49(44)63-45-17-9-7-15-39(45)42-27-33(31-58)19-24-47(42)63/h1-30H. The smallest absolute Gasteiger partial charge is 0.309 e. The van der Waals surface area contributed by atoms with Crippen molar-refractivity contribution in [1.29, 1.82) is 10.5 Å². The predicted molar refractivity (Wildman–Crippen MR) is 245 cm³/mol. The van der Waals surface area contributed by atoms with E-state index in [1.54, 1.807) is 24.3 Å². The number of nitrogens with zero attached hydrogens (tertiary/aromatic N) is 7. The van der Waals surface area contributed by atoms with Crippen LogP contribution in [0.3, 0.4) is 0 Å². The Bertz CT molecular complexity index is 3690. The van der Waals surface area contributed by atoms with Crippen molar-refractivity contribution in [1.82, 2.24) is 24.1 Å². The van der Waals surface area contributed by atoms with Gasteiger partial charge >= 0.3 is 6.18 Å². The van der Waals surface area contributed by atoms with Crippen LogP contribution >= 0.6 is 0 Å². The van der Waals surface area contributed by atoms with Crippen LogP contribution in [-0.2, 0) is 6.18 Å². The minimum absolute atomic E-state index is 0.280. The summed E-state index contributed by atoms with van der Waals surface area (Å²) in [4.78, 5) is 14.9. The number of rotatable bonds is 6. The molecule has 3 aromatic heterocycles. The zero-order valence-corrected chi connectivity index (χ0v) is 33.6. The van der Waals surface area contributed by atoms with Gasteiger partial charge < -0.3 is 9.13 Å². The lowest BCUT2D eigenvalue weighted by Crippen LogP contribution is -2.08. The first kappa shape index (κ1) is 38.1. The number of aromatic nitrogens is 5. The second kappa shape index (κ2) is 14.9. The third-order valence-electron chi connectivity index (χ3n) is 11.7. The van der Waals surface area contributed by atoms with E-state index in [4.69, 9.17) is 15.0 Å². The number of alkyl halides is 3. The summed E-state index contributed by atoms with van der Waals surface area (Å²) < 4.78 is 48.7. The summed E-state index contributed by atoms with van der Waals surface area (Å²) in [5.41, 5.74) is 7.30. The maximum atomic E-state index is 14.9. The van der Waals surface area contributed by atoms with Crippen molar-refractivity contribution in [3.8, 4) is 68.8 Å². The monoisotopic (exact) mass is 833 g/mol. The third-order valence-corrected chi connectivity index (χ3v) is 11.7. The summed E-state index contributed by atoms with van der Waals surface area (Å²) >= 11 is 0. The van der Waals surface area contributed by atoms with E-state index in [-0.39, 0.29) is 5.69 Å². The molecule has 3 heterocycles. The van der Waals surface area contributed by atoms with E-state index in [0.29, 0.717) is 62.0 Å². The summed E-state index contributed by atoms with van der Waals surface area (Å²) in [7, 11) is 0. The van der Waals surface area contributed by atoms with Crippen LogP contribution in [0.2, 0.25) is 0 Å². The molecule has 0 spiro atoms. The summed E-state index contributed by atoms with van der Waals surface area (Å²) in [5, 5.41) is 23.1. The molecule has 302 valence electrons. The molecule has 0 N–H and O–H groups in total. The summed E-state index contributed by atoms with van der Waals surface area (Å²) in [6, 6.07) is 59.6. The third kappa shape index (κ3) is 6.32. The van der Waals surface area contributed by atoms with Crippen LogP contribution in [0.4, 0.5) is 13.2 Å². The Labute approximate surface area is 363 Å². The van der Waals surface area contributed by atoms with Crippen LogP contribution in [-0.4, -0.2) is 24.1 Å². The van der Waals surface area contributed by atoms with Gasteiger partial charge in [0.2, 0.25) is 0 Å². The number of hydrogen-bond donors (Lipinski definition) is 0. The molecule has 0 aliphatic rings. The van der Waals surface area contributed by atoms with Gasteiger partial charge in [-0.2, -0.15) is 23.7 Å². The van der Waals surface area contributed by atoms with Gasteiger partial charge in [0, 0.05) is 49.4 Å². The lowest BCUT2D eigenvalue weighted by Gasteiger charge is -2.21. The van der Waals surface area contributed by atoms with Gasteiger partial charge in [0.1, 0.15) is 0 Å². The first-order valence-corrected chi connectivity index (χ1v) is 20.4. The van der Waals surface area contributed by atoms with Crippen LogP contribution in [0.1, 0.15) is 16.7 Å². The fourth-order valence-corrected chi connectivity index (χ4v) is 8.75. The zero-order chi connectivity index (χ0) is 43.5. The normalized spacial score (nSPS) is 11.6. The molecule has 0 saturated carbocycles. The van der Waals surface area contributed by atoms with Crippen LogP contribution in [0.5, 0.6) is 0 Å². The number of para-hydroxylation sites is 2. The van der Waals surface area contributed by atoms with Crippen LogP contribution in [0, 0.1) is 22.7 Å². The van der Waals surface area contributed by atoms with Crippen molar-refractivity contribution in [3.63, 3.8) is 0 Å². The Kier molecular flexibility index (Phi) is 8.89. The molecule has 0 bridgehead atoms. The maximum absolute atomic E-state index is 14.9. The minimum Gasteiger partial charge on any atom is -0.309 e. The zero-order valence-electron chi connectivity index (χ0n) is 33.6. The maximum Gasteiger partial charge on any atom is 0.416 e. The highest BCUT2D eigenvalue weighted by molar-refractivity contribution is 6.12. The highest BCUT2D eigenvalue weighted by atomic mass is 19.4. The van der Waals surface area contributed by atoms with Crippen molar-refractivity contribution < 1.29 is 13.2 Å². The fraction of sp³-hybridized carbons (Fsp3) is 0.0185. The van der Waals surface area contributed by atoms with Gasteiger partial charge in [-0.15, -0.1) is 0 Å². The van der Waals surface area contributed by atoms with Crippen molar-refractivity contribution in [2.45, 2.75) is 6.18 Å². The average Bonchev–Trinajstić information content (AvgIpc) is 3.85. The molecule has 64 heavy (non-hydrogen) atoms. The molecule has 0 aliphatic heterocycles. The van der Waals surface area contributed by atoms with Crippen molar-refractivity contribution in [2.75, 3.05) is 0 Å². The van der Waals surface area contributed by atoms with Crippen molar-refractivity contribution in [2.24, 2.45) is 0 Å². The van der Waals surface area contributed by atoms with E-state index in [1.165, 1.54) is 12.1 Å². The number of halogens is 3. The number of nitriles is 2. The average molecular weight is 834 g/mol. The Morgan fingerprint density at radius 3 is 1.38 bits per heavy atom. The first-order chi connectivity index (χ1) is 31.3. The van der Waals surface area contributed by atoms with Crippen molar-refractivity contribution >= 4 is 43.6 Å². The molecular formula is C54H30F3N7. The fourth-order valence-electron chi connectivity index (χ4n) is 8.75. The summed E-state index contributed by atoms with van der Waals surface area (Å²) in [5.74, 6) is 1.29. The highest BCUT2D eigenvalue weighted by Gasteiger charge is 2.32. The first-order valence-electron chi connectivity index (χ1n) is 20.4. The molecule has 0 radical (unpaired) electrons. The Morgan fingerprint density at radius 1 is 0.391 bits per heavy atom. The molecule has 8 aromatic carbocycles.